The summed E-state index contributed by atoms with van der Waals surface area (Å²) >= 11 is 1.36. The Bertz CT molecular complexity index is 716. The first-order valence-electron chi connectivity index (χ1n) is 9.30. The van der Waals surface area contributed by atoms with Crippen molar-refractivity contribution in [2.45, 2.75) is 58.5 Å². The lowest BCUT2D eigenvalue weighted by atomic mass is 9.99. The van der Waals surface area contributed by atoms with Crippen molar-refractivity contribution >= 4 is 17.7 Å². The molecule has 1 atom stereocenters. The zero-order chi connectivity index (χ0) is 18.9. The van der Waals surface area contributed by atoms with Crippen LogP contribution in [0.25, 0.3) is 5.69 Å². The lowest BCUT2D eigenvalue weighted by Gasteiger charge is -2.15. The van der Waals surface area contributed by atoms with Crippen molar-refractivity contribution in [1.29, 1.82) is 0 Å². The Morgan fingerprint density at radius 1 is 1.31 bits per heavy atom. The van der Waals surface area contributed by atoms with Gasteiger partial charge in [-0.25, -0.2) is 0 Å². The molecule has 0 unspecified atom stereocenters. The topological polar surface area (TPSA) is 72.7 Å². The van der Waals surface area contributed by atoms with Gasteiger partial charge >= 0.3 is 0 Å². The molecule has 0 spiro atoms. The van der Waals surface area contributed by atoms with Gasteiger partial charge in [0.25, 0.3) is 0 Å². The minimum atomic E-state index is 0.0279. The van der Waals surface area contributed by atoms with Gasteiger partial charge in [-0.3, -0.25) is 4.79 Å². The number of tetrazole rings is 1. The second-order valence-electron chi connectivity index (χ2n) is 6.67. The van der Waals surface area contributed by atoms with Gasteiger partial charge in [-0.1, -0.05) is 62.6 Å². The fourth-order valence-electron chi connectivity index (χ4n) is 2.85. The number of unbranched alkanes of at least 4 members (excludes halogenated alkanes) is 1. The van der Waals surface area contributed by atoms with Gasteiger partial charge in [-0.05, 0) is 48.2 Å². The van der Waals surface area contributed by atoms with Crippen molar-refractivity contribution in [1.82, 2.24) is 25.5 Å². The van der Waals surface area contributed by atoms with Crippen LogP contribution in [0.2, 0.25) is 0 Å². The minimum absolute atomic E-state index is 0.0279. The number of hydrogen-bond donors (Lipinski definition) is 1. The summed E-state index contributed by atoms with van der Waals surface area (Å²) in [4.78, 5) is 12.2. The van der Waals surface area contributed by atoms with Crippen LogP contribution in [0.15, 0.2) is 23.4 Å². The third-order valence-electron chi connectivity index (χ3n) is 4.48. The van der Waals surface area contributed by atoms with Gasteiger partial charge in [0.2, 0.25) is 11.1 Å². The van der Waals surface area contributed by atoms with Crippen molar-refractivity contribution in [2.75, 3.05) is 12.3 Å². The molecule has 1 aromatic carbocycles. The molecule has 0 saturated heterocycles. The number of nitrogens with one attached hydrogen (secondary N) is 1. The molecule has 1 amide bonds. The second kappa shape index (κ2) is 10.3. The Morgan fingerprint density at radius 2 is 2.12 bits per heavy atom. The van der Waals surface area contributed by atoms with Gasteiger partial charge in [0.1, 0.15) is 0 Å². The summed E-state index contributed by atoms with van der Waals surface area (Å²) in [5, 5.41) is 15.6. The number of nitrogens with zero attached hydrogens (tertiary/aromatic N) is 4. The Hall–Kier alpha value is -1.89. The zero-order valence-electron chi connectivity index (χ0n) is 16.2. The highest BCUT2D eigenvalue weighted by Gasteiger charge is 2.14. The highest BCUT2D eigenvalue weighted by Crippen LogP contribution is 2.21. The zero-order valence-corrected chi connectivity index (χ0v) is 17.0. The molecule has 142 valence electrons. The summed E-state index contributed by atoms with van der Waals surface area (Å²) in [6.07, 6.45) is 4.68. The summed E-state index contributed by atoms with van der Waals surface area (Å²) in [5.74, 6) is 0.903. The van der Waals surface area contributed by atoms with Crippen LogP contribution < -0.4 is 5.32 Å². The van der Waals surface area contributed by atoms with Crippen molar-refractivity contribution in [3.05, 3.63) is 29.3 Å². The molecule has 0 radical (unpaired) electrons. The number of aromatic nitrogens is 4. The van der Waals surface area contributed by atoms with E-state index in [1.807, 2.05) is 19.1 Å². The Labute approximate surface area is 160 Å². The third-order valence-corrected chi connectivity index (χ3v) is 5.40. The smallest absolute Gasteiger partial charge is 0.230 e. The molecular weight excluding hydrogens is 346 g/mol. The molecular formula is C19H29N5OS. The molecule has 1 heterocycles. The fraction of sp³-hybridized carbons (Fsp3) is 0.579. The van der Waals surface area contributed by atoms with Crippen LogP contribution >= 0.6 is 11.8 Å². The summed E-state index contributed by atoms with van der Waals surface area (Å²) in [6, 6.07) is 6.14. The van der Waals surface area contributed by atoms with E-state index in [9.17, 15) is 4.79 Å². The molecule has 2 rings (SSSR count). The largest absolute Gasteiger partial charge is 0.355 e. The lowest BCUT2D eigenvalue weighted by molar-refractivity contribution is -0.118. The molecule has 0 aliphatic rings. The van der Waals surface area contributed by atoms with Crippen LogP contribution in [-0.4, -0.2) is 38.4 Å². The van der Waals surface area contributed by atoms with Crippen LogP contribution in [-0.2, 0) is 4.79 Å². The average molecular weight is 376 g/mol. The van der Waals surface area contributed by atoms with Crippen molar-refractivity contribution in [2.24, 2.45) is 5.92 Å². The number of carbonyl (C=O) groups excluding carboxylic acids is 1. The highest BCUT2D eigenvalue weighted by molar-refractivity contribution is 7.99. The van der Waals surface area contributed by atoms with Crippen LogP contribution in [0, 0.1) is 19.8 Å². The van der Waals surface area contributed by atoms with E-state index >= 15 is 0 Å². The van der Waals surface area contributed by atoms with Crippen molar-refractivity contribution in [3.8, 4) is 5.69 Å². The predicted octanol–water partition coefficient (Wildman–Crippen LogP) is 3.70. The van der Waals surface area contributed by atoms with E-state index in [2.05, 4.69) is 47.7 Å². The van der Waals surface area contributed by atoms with E-state index in [4.69, 9.17) is 0 Å². The van der Waals surface area contributed by atoms with E-state index in [1.54, 1.807) is 4.68 Å². The van der Waals surface area contributed by atoms with Crippen LogP contribution in [0.1, 0.15) is 50.7 Å². The maximum absolute atomic E-state index is 12.2. The molecule has 1 N–H and O–H groups in total. The monoisotopic (exact) mass is 375 g/mol. The number of thioether (sulfide) groups is 1. The molecule has 0 aliphatic carbocycles. The van der Waals surface area contributed by atoms with E-state index in [-0.39, 0.29) is 5.91 Å². The molecule has 0 aliphatic heterocycles. The average Bonchev–Trinajstić information content (AvgIpc) is 3.08. The molecule has 0 saturated carbocycles. The number of carbonyl (C=O) groups is 1. The van der Waals surface area contributed by atoms with Gasteiger partial charge in [0, 0.05) is 6.54 Å². The summed E-state index contributed by atoms with van der Waals surface area (Å²) in [5.41, 5.74) is 3.24. The number of amides is 1. The standard InChI is InChI=1S/C19H29N5OS/c1-5-7-8-16(6-2)12-20-18(25)13-26-19-21-22-23-24(19)17-10-9-14(3)11-15(17)4/h9-11,16H,5-8,12-13H2,1-4H3,(H,20,25)/t16-/m0/s1. The summed E-state index contributed by atoms with van der Waals surface area (Å²) in [7, 11) is 0. The number of aryl methyl sites for hydroxylation is 2. The maximum atomic E-state index is 12.2. The van der Waals surface area contributed by atoms with Crippen LogP contribution in [0.3, 0.4) is 0 Å². The molecule has 0 fully saturated rings. The first kappa shape index (κ1) is 20.4. The molecule has 26 heavy (non-hydrogen) atoms. The maximum Gasteiger partial charge on any atom is 0.230 e. The molecule has 6 nitrogen and oxygen atoms in total. The van der Waals surface area contributed by atoms with E-state index in [1.165, 1.54) is 36.6 Å². The van der Waals surface area contributed by atoms with E-state index < -0.39 is 0 Å². The van der Waals surface area contributed by atoms with Crippen LogP contribution in [0.5, 0.6) is 0 Å². The number of hydrogen-bond acceptors (Lipinski definition) is 5. The number of rotatable bonds is 10. The quantitative estimate of drug-likeness (QED) is 0.641. The van der Waals surface area contributed by atoms with Gasteiger partial charge < -0.3 is 5.32 Å². The van der Waals surface area contributed by atoms with E-state index in [0.29, 0.717) is 16.8 Å². The van der Waals surface area contributed by atoms with Crippen LogP contribution in [0.4, 0.5) is 0 Å². The number of benzene rings is 1. The first-order chi connectivity index (χ1) is 12.5. The Kier molecular flexibility index (Phi) is 8.09. The summed E-state index contributed by atoms with van der Waals surface area (Å²) in [6.45, 7) is 9.21. The highest BCUT2D eigenvalue weighted by atomic mass is 32.2. The minimum Gasteiger partial charge on any atom is -0.355 e. The van der Waals surface area contributed by atoms with Gasteiger partial charge in [-0.15, -0.1) is 5.10 Å². The van der Waals surface area contributed by atoms with Crippen molar-refractivity contribution < 1.29 is 4.79 Å². The second-order valence-corrected chi connectivity index (χ2v) is 7.61. The van der Waals surface area contributed by atoms with Gasteiger partial charge in [-0.2, -0.15) is 4.68 Å². The SMILES string of the molecule is CCCC[C@H](CC)CNC(=O)CSc1nnnn1-c1ccc(C)cc1C. The molecule has 7 heteroatoms. The lowest BCUT2D eigenvalue weighted by Crippen LogP contribution is -2.30. The third kappa shape index (κ3) is 5.83. The molecule has 2 aromatic rings. The van der Waals surface area contributed by atoms with Crippen molar-refractivity contribution in [3.63, 3.8) is 0 Å². The van der Waals surface area contributed by atoms with Gasteiger partial charge in [0.05, 0.1) is 11.4 Å². The normalized spacial score (nSPS) is 12.2. The first-order valence-corrected chi connectivity index (χ1v) is 10.3. The Morgan fingerprint density at radius 3 is 2.81 bits per heavy atom. The summed E-state index contributed by atoms with van der Waals surface area (Å²) < 4.78 is 1.70. The molecule has 1 aromatic heterocycles. The Balaban J connectivity index is 1.90. The predicted molar refractivity (Wildman–Crippen MR) is 106 cm³/mol. The fourth-order valence-corrected chi connectivity index (χ4v) is 3.56. The molecule has 0 bridgehead atoms. The van der Waals surface area contributed by atoms with Gasteiger partial charge in [0.15, 0.2) is 0 Å². The van der Waals surface area contributed by atoms with E-state index in [0.717, 1.165) is 24.2 Å².